The SMILES string of the molecule is CC(O)C(NC(=O)c1ccc(C#Cc2ccc(CNCc3cccnc3)cc2)cc1)C(=O)NO. The minimum Gasteiger partial charge on any atom is -0.391 e. The van der Waals surface area contributed by atoms with Crippen molar-refractivity contribution in [2.45, 2.75) is 32.2 Å². The van der Waals surface area contributed by atoms with Gasteiger partial charge in [-0.3, -0.25) is 19.8 Å². The summed E-state index contributed by atoms with van der Waals surface area (Å²) in [5.41, 5.74) is 5.59. The van der Waals surface area contributed by atoms with E-state index in [9.17, 15) is 14.7 Å². The predicted molar refractivity (Wildman–Crippen MR) is 127 cm³/mol. The molecule has 0 radical (unpaired) electrons. The zero-order chi connectivity index (χ0) is 24.3. The largest absolute Gasteiger partial charge is 0.391 e. The molecule has 174 valence electrons. The maximum absolute atomic E-state index is 12.3. The molecular weight excluding hydrogens is 432 g/mol. The van der Waals surface area contributed by atoms with Gasteiger partial charge in [-0.05, 0) is 60.5 Å². The van der Waals surface area contributed by atoms with Crippen molar-refractivity contribution in [2.75, 3.05) is 0 Å². The maximum atomic E-state index is 12.3. The third kappa shape index (κ3) is 7.25. The smallest absolute Gasteiger partial charge is 0.268 e. The van der Waals surface area contributed by atoms with E-state index >= 15 is 0 Å². The lowest BCUT2D eigenvalue weighted by Crippen LogP contribution is -2.51. The van der Waals surface area contributed by atoms with E-state index in [2.05, 4.69) is 27.5 Å². The fraction of sp³-hybridized carbons (Fsp3) is 0.192. The number of hydrogen-bond acceptors (Lipinski definition) is 6. The number of benzene rings is 2. The highest BCUT2D eigenvalue weighted by molar-refractivity contribution is 5.97. The summed E-state index contributed by atoms with van der Waals surface area (Å²) < 4.78 is 0. The molecule has 34 heavy (non-hydrogen) atoms. The molecule has 3 rings (SSSR count). The fourth-order valence-corrected chi connectivity index (χ4v) is 3.11. The zero-order valence-corrected chi connectivity index (χ0v) is 18.7. The van der Waals surface area contributed by atoms with Gasteiger partial charge in [-0.25, -0.2) is 5.48 Å². The lowest BCUT2D eigenvalue weighted by Gasteiger charge is -2.19. The van der Waals surface area contributed by atoms with Gasteiger partial charge in [-0.2, -0.15) is 0 Å². The van der Waals surface area contributed by atoms with Crippen LogP contribution in [-0.2, 0) is 17.9 Å². The average Bonchev–Trinajstić information content (AvgIpc) is 2.87. The summed E-state index contributed by atoms with van der Waals surface area (Å²) in [5, 5.41) is 24.1. The molecule has 2 unspecified atom stereocenters. The minimum absolute atomic E-state index is 0.296. The molecule has 2 aromatic carbocycles. The van der Waals surface area contributed by atoms with Crippen molar-refractivity contribution in [1.29, 1.82) is 0 Å². The first-order chi connectivity index (χ1) is 16.5. The Morgan fingerprint density at radius 3 is 2.12 bits per heavy atom. The number of nitrogens with zero attached hydrogens (tertiary/aromatic N) is 1. The molecule has 8 heteroatoms. The Hall–Kier alpha value is -4.03. The highest BCUT2D eigenvalue weighted by atomic mass is 16.5. The molecule has 0 saturated carbocycles. The lowest BCUT2D eigenvalue weighted by molar-refractivity contribution is -0.133. The second kappa shape index (κ2) is 12.3. The molecule has 0 saturated heterocycles. The monoisotopic (exact) mass is 458 g/mol. The van der Waals surface area contributed by atoms with Crippen LogP contribution in [-0.4, -0.2) is 39.3 Å². The molecular formula is C26H26N4O4. The van der Waals surface area contributed by atoms with Crippen LogP contribution in [0.25, 0.3) is 0 Å². The summed E-state index contributed by atoms with van der Waals surface area (Å²) in [6, 6.07) is 17.2. The molecule has 2 amide bonds. The number of carbonyl (C=O) groups is 2. The first kappa shape index (κ1) is 24.6. The molecule has 0 spiro atoms. The molecule has 1 aromatic heterocycles. The van der Waals surface area contributed by atoms with Crippen LogP contribution in [0.1, 0.15) is 39.5 Å². The van der Waals surface area contributed by atoms with Crippen molar-refractivity contribution in [3.05, 3.63) is 101 Å². The van der Waals surface area contributed by atoms with Gasteiger partial charge in [0.05, 0.1) is 6.10 Å². The molecule has 0 aliphatic carbocycles. The summed E-state index contributed by atoms with van der Waals surface area (Å²) >= 11 is 0. The van der Waals surface area contributed by atoms with Gasteiger partial charge in [-0.1, -0.05) is 30.0 Å². The highest BCUT2D eigenvalue weighted by Gasteiger charge is 2.25. The molecule has 0 bridgehead atoms. The quantitative estimate of drug-likeness (QED) is 0.199. The topological polar surface area (TPSA) is 124 Å². The molecule has 3 aromatic rings. The third-order valence-electron chi connectivity index (χ3n) is 4.99. The predicted octanol–water partition coefficient (Wildman–Crippen LogP) is 1.76. The Bertz CT molecular complexity index is 1150. The van der Waals surface area contributed by atoms with E-state index in [4.69, 9.17) is 5.21 Å². The summed E-state index contributed by atoms with van der Waals surface area (Å²) in [4.78, 5) is 28.0. The van der Waals surface area contributed by atoms with Crippen molar-refractivity contribution < 1.29 is 19.9 Å². The Morgan fingerprint density at radius 2 is 1.56 bits per heavy atom. The summed E-state index contributed by atoms with van der Waals surface area (Å²) in [5.74, 6) is 4.70. The van der Waals surface area contributed by atoms with Crippen LogP contribution in [0.4, 0.5) is 0 Å². The normalized spacial score (nSPS) is 12.1. The van der Waals surface area contributed by atoms with Gasteiger partial charge in [0, 0.05) is 42.2 Å². The molecule has 5 N–H and O–H groups in total. The fourth-order valence-electron chi connectivity index (χ4n) is 3.11. The van der Waals surface area contributed by atoms with Crippen LogP contribution in [0, 0.1) is 11.8 Å². The van der Waals surface area contributed by atoms with Crippen molar-refractivity contribution in [3.8, 4) is 11.8 Å². The Morgan fingerprint density at radius 1 is 0.941 bits per heavy atom. The first-order valence-electron chi connectivity index (χ1n) is 10.7. The van der Waals surface area contributed by atoms with Crippen molar-refractivity contribution in [2.24, 2.45) is 0 Å². The van der Waals surface area contributed by atoms with Gasteiger partial charge in [0.2, 0.25) is 0 Å². The second-order valence-corrected chi connectivity index (χ2v) is 7.66. The van der Waals surface area contributed by atoms with Gasteiger partial charge < -0.3 is 15.7 Å². The van der Waals surface area contributed by atoms with E-state index in [0.29, 0.717) is 5.56 Å². The van der Waals surface area contributed by atoms with Gasteiger partial charge >= 0.3 is 0 Å². The van der Waals surface area contributed by atoms with Gasteiger partial charge in [0.15, 0.2) is 0 Å². The summed E-state index contributed by atoms with van der Waals surface area (Å²) in [7, 11) is 0. The highest BCUT2D eigenvalue weighted by Crippen LogP contribution is 2.07. The molecule has 0 aliphatic heterocycles. The van der Waals surface area contributed by atoms with Gasteiger partial charge in [-0.15, -0.1) is 0 Å². The van der Waals surface area contributed by atoms with E-state index in [1.807, 2.05) is 42.6 Å². The number of aliphatic hydroxyl groups excluding tert-OH is 1. The molecule has 0 fully saturated rings. The van der Waals surface area contributed by atoms with E-state index in [-0.39, 0.29) is 0 Å². The van der Waals surface area contributed by atoms with E-state index in [1.165, 1.54) is 12.4 Å². The number of nitrogens with one attached hydrogen (secondary N) is 3. The Kier molecular flexibility index (Phi) is 8.88. The van der Waals surface area contributed by atoms with E-state index in [1.54, 1.807) is 30.5 Å². The number of carbonyl (C=O) groups excluding carboxylic acids is 2. The van der Waals surface area contributed by atoms with Crippen molar-refractivity contribution in [1.82, 2.24) is 21.1 Å². The number of hydroxylamine groups is 1. The third-order valence-corrected chi connectivity index (χ3v) is 4.99. The minimum atomic E-state index is -1.27. The van der Waals surface area contributed by atoms with Crippen molar-refractivity contribution in [3.63, 3.8) is 0 Å². The standard InChI is InChI=1S/C26H26N4O4/c1-18(31)24(26(33)30-34)29-25(32)23-12-10-20(11-13-23)5-4-19-6-8-21(9-7-19)15-28-17-22-3-2-14-27-16-22/h2-3,6-14,16,18,24,28,31,34H,15,17H2,1H3,(H,29,32)(H,30,33). The van der Waals surface area contributed by atoms with Gasteiger partial charge in [0.1, 0.15) is 6.04 Å². The van der Waals surface area contributed by atoms with Crippen LogP contribution in [0.3, 0.4) is 0 Å². The second-order valence-electron chi connectivity index (χ2n) is 7.66. The summed E-state index contributed by atoms with van der Waals surface area (Å²) in [6.07, 6.45) is 2.42. The molecule has 0 aliphatic rings. The van der Waals surface area contributed by atoms with Crippen LogP contribution in [0.5, 0.6) is 0 Å². The number of hydrogen-bond donors (Lipinski definition) is 5. The van der Waals surface area contributed by atoms with Gasteiger partial charge in [0.25, 0.3) is 11.8 Å². The molecule has 8 nitrogen and oxygen atoms in total. The maximum Gasteiger partial charge on any atom is 0.268 e. The van der Waals surface area contributed by atoms with E-state index < -0.39 is 24.0 Å². The van der Waals surface area contributed by atoms with Crippen LogP contribution in [0.15, 0.2) is 73.1 Å². The first-order valence-corrected chi connectivity index (χ1v) is 10.7. The number of aromatic nitrogens is 1. The number of rotatable bonds is 8. The molecule has 1 heterocycles. The number of aliphatic hydroxyl groups is 1. The lowest BCUT2D eigenvalue weighted by atomic mass is 10.1. The Labute approximate surface area is 198 Å². The zero-order valence-electron chi connectivity index (χ0n) is 18.7. The Balaban J connectivity index is 1.54. The van der Waals surface area contributed by atoms with E-state index in [0.717, 1.165) is 35.3 Å². The average molecular weight is 459 g/mol. The summed E-state index contributed by atoms with van der Waals surface area (Å²) in [6.45, 7) is 2.82. The van der Waals surface area contributed by atoms with Crippen LogP contribution in [0.2, 0.25) is 0 Å². The number of pyridine rings is 1. The molecule has 2 atom stereocenters. The van der Waals surface area contributed by atoms with Crippen LogP contribution < -0.4 is 16.1 Å². The van der Waals surface area contributed by atoms with Crippen LogP contribution >= 0.6 is 0 Å². The number of amides is 2. The van der Waals surface area contributed by atoms with Crippen molar-refractivity contribution >= 4 is 11.8 Å².